The van der Waals surface area contributed by atoms with Crippen LogP contribution in [0.3, 0.4) is 0 Å². The molecule has 0 aliphatic rings. The highest BCUT2D eigenvalue weighted by Crippen LogP contribution is 2.26. The lowest BCUT2D eigenvalue weighted by Gasteiger charge is -2.22. The van der Waals surface area contributed by atoms with Gasteiger partial charge in [-0.05, 0) is 26.3 Å². The lowest BCUT2D eigenvalue weighted by Crippen LogP contribution is -2.25. The van der Waals surface area contributed by atoms with Crippen molar-refractivity contribution in [2.75, 3.05) is 0 Å². The Labute approximate surface area is 89.4 Å². The Morgan fingerprint density at radius 2 is 1.73 bits per heavy atom. The van der Waals surface area contributed by atoms with Gasteiger partial charge in [0.2, 0.25) is 0 Å². The summed E-state index contributed by atoms with van der Waals surface area (Å²) in [5.74, 6) is -1.00. The topological polar surface area (TPSA) is 57.5 Å². The number of carboxylic acid groups (broad SMARTS) is 1. The van der Waals surface area contributed by atoms with Crippen LogP contribution in [0.25, 0.3) is 0 Å². The highest BCUT2D eigenvalue weighted by atomic mass is 16.4. The quantitative estimate of drug-likeness (QED) is 0.798. The lowest BCUT2D eigenvalue weighted by atomic mass is 9.90. The Hall–Kier alpha value is -1.35. The van der Waals surface area contributed by atoms with Gasteiger partial charge in [-0.3, -0.25) is 4.79 Å². The molecule has 1 rings (SSSR count). The molecule has 3 nitrogen and oxygen atoms in total. The largest absolute Gasteiger partial charge is 0.481 e. The Bertz CT molecular complexity index is 360. The first-order chi connectivity index (χ1) is 6.81. The van der Waals surface area contributed by atoms with E-state index in [1.165, 1.54) is 6.92 Å². The van der Waals surface area contributed by atoms with Crippen LogP contribution >= 0.6 is 0 Å². The van der Waals surface area contributed by atoms with Crippen LogP contribution in [0.2, 0.25) is 0 Å². The average molecular weight is 208 g/mol. The normalized spacial score (nSPS) is 14.7. The first-order valence-corrected chi connectivity index (χ1v) is 4.84. The van der Waals surface area contributed by atoms with E-state index in [1.807, 2.05) is 32.0 Å². The molecular formula is C12H16O3. The molecule has 0 heterocycles. The Morgan fingerprint density at radius 3 is 2.13 bits per heavy atom. The van der Waals surface area contributed by atoms with E-state index in [2.05, 4.69) is 0 Å². The summed E-state index contributed by atoms with van der Waals surface area (Å²) in [6, 6.07) is 5.62. The molecule has 1 unspecified atom stereocenters. The molecular weight excluding hydrogens is 192 g/mol. The van der Waals surface area contributed by atoms with E-state index in [1.54, 1.807) is 0 Å². The van der Waals surface area contributed by atoms with Crippen molar-refractivity contribution in [1.82, 2.24) is 0 Å². The lowest BCUT2D eigenvalue weighted by molar-refractivity contribution is -0.142. The SMILES string of the molecule is Cc1cc(C)cc(C(C)(O)CC(=O)O)c1. The summed E-state index contributed by atoms with van der Waals surface area (Å²) in [6.07, 6.45) is -0.282. The van der Waals surface area contributed by atoms with E-state index in [4.69, 9.17) is 5.11 Å². The van der Waals surface area contributed by atoms with Crippen LogP contribution in [-0.4, -0.2) is 16.2 Å². The molecule has 1 aromatic rings. The zero-order valence-electron chi connectivity index (χ0n) is 9.24. The van der Waals surface area contributed by atoms with Crippen molar-refractivity contribution in [3.63, 3.8) is 0 Å². The molecule has 0 spiro atoms. The van der Waals surface area contributed by atoms with Crippen LogP contribution in [0.4, 0.5) is 0 Å². The summed E-state index contributed by atoms with van der Waals surface area (Å²) in [5.41, 5.74) is 1.40. The molecule has 0 aliphatic heterocycles. The maximum absolute atomic E-state index is 10.6. The fourth-order valence-electron chi connectivity index (χ4n) is 1.68. The van der Waals surface area contributed by atoms with E-state index in [0.29, 0.717) is 5.56 Å². The Morgan fingerprint density at radius 1 is 1.27 bits per heavy atom. The van der Waals surface area contributed by atoms with Gasteiger partial charge in [0.1, 0.15) is 0 Å². The number of carbonyl (C=O) groups is 1. The van der Waals surface area contributed by atoms with Crippen molar-refractivity contribution in [3.8, 4) is 0 Å². The summed E-state index contributed by atoms with van der Waals surface area (Å²) in [5, 5.41) is 18.7. The fourth-order valence-corrected chi connectivity index (χ4v) is 1.68. The monoisotopic (exact) mass is 208 g/mol. The minimum atomic E-state index is -1.30. The number of hydrogen-bond donors (Lipinski definition) is 2. The summed E-state index contributed by atoms with van der Waals surface area (Å²) in [7, 11) is 0. The zero-order valence-corrected chi connectivity index (χ0v) is 9.24. The van der Waals surface area contributed by atoms with Gasteiger partial charge in [0.25, 0.3) is 0 Å². The molecule has 0 saturated carbocycles. The van der Waals surface area contributed by atoms with E-state index >= 15 is 0 Å². The third kappa shape index (κ3) is 3.06. The van der Waals surface area contributed by atoms with E-state index < -0.39 is 11.6 Å². The number of benzene rings is 1. The second kappa shape index (κ2) is 4.03. The summed E-state index contributed by atoms with van der Waals surface area (Å²) in [6.45, 7) is 5.37. The number of rotatable bonds is 3. The second-order valence-corrected chi connectivity index (χ2v) is 4.22. The smallest absolute Gasteiger partial charge is 0.306 e. The second-order valence-electron chi connectivity index (χ2n) is 4.22. The fraction of sp³-hybridized carbons (Fsp3) is 0.417. The zero-order chi connectivity index (χ0) is 11.6. The van der Waals surface area contributed by atoms with Crippen molar-refractivity contribution >= 4 is 5.97 Å². The molecule has 0 amide bonds. The van der Waals surface area contributed by atoms with E-state index in [0.717, 1.165) is 11.1 Å². The van der Waals surface area contributed by atoms with Crippen molar-refractivity contribution in [3.05, 3.63) is 34.9 Å². The van der Waals surface area contributed by atoms with Crippen LogP contribution in [0, 0.1) is 13.8 Å². The summed E-state index contributed by atoms with van der Waals surface area (Å²) >= 11 is 0. The Balaban J connectivity index is 3.08. The van der Waals surface area contributed by atoms with Crippen LogP contribution in [0.1, 0.15) is 30.0 Å². The predicted molar refractivity (Wildman–Crippen MR) is 57.7 cm³/mol. The first kappa shape index (κ1) is 11.7. The highest BCUT2D eigenvalue weighted by molar-refractivity contribution is 5.68. The third-order valence-electron chi connectivity index (χ3n) is 2.34. The molecule has 0 aliphatic carbocycles. The molecule has 0 saturated heterocycles. The summed E-state index contributed by atoms with van der Waals surface area (Å²) in [4.78, 5) is 10.6. The van der Waals surface area contributed by atoms with Gasteiger partial charge in [-0.15, -0.1) is 0 Å². The van der Waals surface area contributed by atoms with Gasteiger partial charge < -0.3 is 10.2 Å². The molecule has 0 aromatic heterocycles. The van der Waals surface area contributed by atoms with Crippen molar-refractivity contribution in [1.29, 1.82) is 0 Å². The third-order valence-corrected chi connectivity index (χ3v) is 2.34. The molecule has 0 fully saturated rings. The van der Waals surface area contributed by atoms with Gasteiger partial charge in [0.15, 0.2) is 0 Å². The number of aliphatic hydroxyl groups is 1. The van der Waals surface area contributed by atoms with E-state index in [-0.39, 0.29) is 6.42 Å². The molecule has 3 heteroatoms. The number of aryl methyl sites for hydroxylation is 2. The minimum Gasteiger partial charge on any atom is -0.481 e. The molecule has 1 aromatic carbocycles. The van der Waals surface area contributed by atoms with Crippen molar-refractivity contribution < 1.29 is 15.0 Å². The van der Waals surface area contributed by atoms with Crippen molar-refractivity contribution in [2.24, 2.45) is 0 Å². The molecule has 15 heavy (non-hydrogen) atoms. The standard InChI is InChI=1S/C12H16O3/c1-8-4-9(2)6-10(5-8)12(3,15)7-11(13)14/h4-6,15H,7H2,1-3H3,(H,13,14). The van der Waals surface area contributed by atoms with Gasteiger partial charge >= 0.3 is 5.97 Å². The molecule has 0 bridgehead atoms. The first-order valence-electron chi connectivity index (χ1n) is 4.84. The van der Waals surface area contributed by atoms with E-state index in [9.17, 15) is 9.90 Å². The van der Waals surface area contributed by atoms with Gasteiger partial charge in [0.05, 0.1) is 12.0 Å². The molecule has 0 radical (unpaired) electrons. The molecule has 1 atom stereocenters. The van der Waals surface area contributed by atoms with Crippen LogP contribution in [-0.2, 0) is 10.4 Å². The van der Waals surface area contributed by atoms with Crippen LogP contribution < -0.4 is 0 Å². The van der Waals surface area contributed by atoms with Crippen molar-refractivity contribution in [2.45, 2.75) is 32.8 Å². The highest BCUT2D eigenvalue weighted by Gasteiger charge is 2.26. The number of carboxylic acids is 1. The number of aliphatic carboxylic acids is 1. The predicted octanol–water partition coefficient (Wildman–Crippen LogP) is 1.99. The van der Waals surface area contributed by atoms with Crippen LogP contribution in [0.15, 0.2) is 18.2 Å². The molecule has 82 valence electrons. The average Bonchev–Trinajstić information content (AvgIpc) is 1.99. The Kier molecular flexibility index (Phi) is 3.15. The van der Waals surface area contributed by atoms with Gasteiger partial charge in [-0.2, -0.15) is 0 Å². The maximum atomic E-state index is 10.6. The van der Waals surface area contributed by atoms with Gasteiger partial charge in [-0.25, -0.2) is 0 Å². The molecule has 2 N–H and O–H groups in total. The number of hydrogen-bond acceptors (Lipinski definition) is 2. The maximum Gasteiger partial charge on any atom is 0.306 e. The van der Waals surface area contributed by atoms with Gasteiger partial charge in [-0.1, -0.05) is 29.3 Å². The van der Waals surface area contributed by atoms with Gasteiger partial charge in [0, 0.05) is 0 Å². The van der Waals surface area contributed by atoms with Crippen LogP contribution in [0.5, 0.6) is 0 Å². The summed E-state index contributed by atoms with van der Waals surface area (Å²) < 4.78 is 0. The minimum absolute atomic E-state index is 0.282.